The maximum Gasteiger partial charge on any atom is 0.00966 e. The second-order valence-corrected chi connectivity index (χ2v) is 7.75. The molecule has 1 unspecified atom stereocenters. The van der Waals surface area contributed by atoms with Gasteiger partial charge in [-0.15, -0.1) is 11.3 Å². The summed E-state index contributed by atoms with van der Waals surface area (Å²) in [5.41, 5.74) is 0.242. The molecule has 0 spiro atoms. The van der Waals surface area contributed by atoms with E-state index in [0.29, 0.717) is 0 Å². The Kier molecular flexibility index (Phi) is 4.85. The Labute approximate surface area is 116 Å². The van der Waals surface area contributed by atoms with Crippen LogP contribution >= 0.6 is 11.3 Å². The average Bonchev–Trinajstić information content (AvgIpc) is 2.95. The molecule has 2 rings (SSSR count). The Morgan fingerprint density at radius 1 is 1.33 bits per heavy atom. The third kappa shape index (κ3) is 4.40. The molecule has 1 heterocycles. The first-order chi connectivity index (χ1) is 8.54. The molecule has 1 saturated carbocycles. The van der Waals surface area contributed by atoms with Gasteiger partial charge in [-0.2, -0.15) is 0 Å². The zero-order valence-electron chi connectivity index (χ0n) is 12.0. The molecule has 102 valence electrons. The van der Waals surface area contributed by atoms with Crippen LogP contribution in [0.1, 0.15) is 51.3 Å². The van der Waals surface area contributed by atoms with Crippen LogP contribution in [0.3, 0.4) is 0 Å². The first kappa shape index (κ1) is 14.1. The van der Waals surface area contributed by atoms with Gasteiger partial charge in [-0.05, 0) is 57.0 Å². The molecule has 0 aliphatic heterocycles. The Bertz CT molecular complexity index is 330. The van der Waals surface area contributed by atoms with Gasteiger partial charge in [0.25, 0.3) is 0 Å². The van der Waals surface area contributed by atoms with Crippen molar-refractivity contribution < 1.29 is 0 Å². The van der Waals surface area contributed by atoms with Crippen molar-refractivity contribution in [3.63, 3.8) is 0 Å². The fraction of sp³-hybridized carbons (Fsp3) is 0.750. The van der Waals surface area contributed by atoms with Crippen molar-refractivity contribution >= 4 is 11.3 Å². The summed E-state index contributed by atoms with van der Waals surface area (Å²) in [6, 6.07) is 4.48. The van der Waals surface area contributed by atoms with Crippen molar-refractivity contribution in [1.29, 1.82) is 0 Å². The van der Waals surface area contributed by atoms with Gasteiger partial charge in [0.2, 0.25) is 0 Å². The highest BCUT2D eigenvalue weighted by Gasteiger charge is 2.26. The lowest BCUT2D eigenvalue weighted by molar-refractivity contribution is 0.288. The van der Waals surface area contributed by atoms with Crippen LogP contribution < -0.4 is 5.32 Å². The second kappa shape index (κ2) is 6.21. The second-order valence-electron chi connectivity index (χ2n) is 6.72. The Morgan fingerprint density at radius 2 is 2.06 bits per heavy atom. The van der Waals surface area contributed by atoms with Crippen LogP contribution in [0.2, 0.25) is 0 Å². The Balaban J connectivity index is 1.93. The van der Waals surface area contributed by atoms with Gasteiger partial charge < -0.3 is 5.32 Å². The van der Waals surface area contributed by atoms with E-state index in [1.807, 2.05) is 11.3 Å². The molecule has 1 N–H and O–H groups in total. The molecule has 0 aromatic carbocycles. The van der Waals surface area contributed by atoms with Gasteiger partial charge in [0.05, 0.1) is 0 Å². The fourth-order valence-electron chi connectivity index (χ4n) is 2.96. The largest absolute Gasteiger partial charge is 0.312 e. The van der Waals surface area contributed by atoms with Crippen molar-refractivity contribution in [1.82, 2.24) is 5.32 Å². The molecule has 1 fully saturated rings. The van der Waals surface area contributed by atoms with Crippen LogP contribution in [-0.4, -0.2) is 12.1 Å². The highest BCUT2D eigenvalue weighted by Crippen LogP contribution is 2.33. The SMILES string of the molecule is CC(C)(C)NCC(Cc1cccs1)C1CCCC1. The van der Waals surface area contributed by atoms with Crippen molar-refractivity contribution in [2.45, 2.75) is 58.4 Å². The molecule has 1 aliphatic rings. The van der Waals surface area contributed by atoms with Crippen molar-refractivity contribution in [2.24, 2.45) is 11.8 Å². The summed E-state index contributed by atoms with van der Waals surface area (Å²) in [5.74, 6) is 1.77. The lowest BCUT2D eigenvalue weighted by Crippen LogP contribution is -2.41. The highest BCUT2D eigenvalue weighted by atomic mass is 32.1. The number of hydrogen-bond donors (Lipinski definition) is 1. The van der Waals surface area contributed by atoms with Crippen LogP contribution in [0.5, 0.6) is 0 Å². The van der Waals surface area contributed by atoms with Crippen molar-refractivity contribution in [3.8, 4) is 0 Å². The maximum atomic E-state index is 3.72. The molecule has 1 aromatic rings. The van der Waals surface area contributed by atoms with Crippen LogP contribution in [0.4, 0.5) is 0 Å². The molecule has 0 bridgehead atoms. The van der Waals surface area contributed by atoms with Gasteiger partial charge in [0.1, 0.15) is 0 Å². The zero-order chi connectivity index (χ0) is 13.0. The topological polar surface area (TPSA) is 12.0 Å². The van der Waals surface area contributed by atoms with Crippen LogP contribution in [0.15, 0.2) is 17.5 Å². The smallest absolute Gasteiger partial charge is 0.00966 e. The molecule has 0 amide bonds. The molecule has 0 saturated heterocycles. The number of thiophene rings is 1. The van der Waals surface area contributed by atoms with E-state index in [1.54, 1.807) is 4.88 Å². The predicted octanol–water partition coefficient (Wildman–Crippen LogP) is 4.49. The first-order valence-electron chi connectivity index (χ1n) is 7.32. The number of rotatable bonds is 5. The molecule has 18 heavy (non-hydrogen) atoms. The van der Waals surface area contributed by atoms with E-state index in [1.165, 1.54) is 38.6 Å². The van der Waals surface area contributed by atoms with Gasteiger partial charge in [-0.25, -0.2) is 0 Å². The summed E-state index contributed by atoms with van der Waals surface area (Å²) < 4.78 is 0. The van der Waals surface area contributed by atoms with Gasteiger partial charge >= 0.3 is 0 Å². The quantitative estimate of drug-likeness (QED) is 0.827. The zero-order valence-corrected chi connectivity index (χ0v) is 12.9. The van der Waals surface area contributed by atoms with E-state index in [0.717, 1.165) is 11.8 Å². The van der Waals surface area contributed by atoms with Gasteiger partial charge in [-0.1, -0.05) is 31.7 Å². The van der Waals surface area contributed by atoms with Gasteiger partial charge in [0.15, 0.2) is 0 Å². The summed E-state index contributed by atoms with van der Waals surface area (Å²) in [7, 11) is 0. The minimum atomic E-state index is 0.242. The van der Waals surface area contributed by atoms with E-state index in [-0.39, 0.29) is 5.54 Å². The summed E-state index contributed by atoms with van der Waals surface area (Å²) in [6.07, 6.45) is 7.05. The van der Waals surface area contributed by atoms with E-state index in [2.05, 4.69) is 43.6 Å². The molecule has 0 radical (unpaired) electrons. The monoisotopic (exact) mass is 265 g/mol. The van der Waals surface area contributed by atoms with Gasteiger partial charge in [0, 0.05) is 10.4 Å². The summed E-state index contributed by atoms with van der Waals surface area (Å²) >= 11 is 1.92. The van der Waals surface area contributed by atoms with Gasteiger partial charge in [-0.3, -0.25) is 0 Å². The maximum absolute atomic E-state index is 3.72. The molecule has 2 heteroatoms. The molecule has 1 aliphatic carbocycles. The summed E-state index contributed by atoms with van der Waals surface area (Å²) in [6.45, 7) is 7.98. The molecule has 1 atom stereocenters. The third-order valence-corrected chi connectivity index (χ3v) is 4.90. The van der Waals surface area contributed by atoms with Crippen LogP contribution in [-0.2, 0) is 6.42 Å². The van der Waals surface area contributed by atoms with E-state index in [4.69, 9.17) is 0 Å². The van der Waals surface area contributed by atoms with Crippen molar-refractivity contribution in [2.75, 3.05) is 6.54 Å². The molecule has 1 aromatic heterocycles. The number of hydrogen-bond acceptors (Lipinski definition) is 2. The van der Waals surface area contributed by atoms with E-state index in [9.17, 15) is 0 Å². The summed E-state index contributed by atoms with van der Waals surface area (Å²) in [4.78, 5) is 1.56. The summed E-state index contributed by atoms with van der Waals surface area (Å²) in [5, 5.41) is 5.92. The molecular weight excluding hydrogens is 238 g/mol. The first-order valence-corrected chi connectivity index (χ1v) is 8.20. The lowest BCUT2D eigenvalue weighted by atomic mass is 9.87. The lowest BCUT2D eigenvalue weighted by Gasteiger charge is -2.28. The van der Waals surface area contributed by atoms with E-state index >= 15 is 0 Å². The Morgan fingerprint density at radius 3 is 2.61 bits per heavy atom. The molecule has 1 nitrogen and oxygen atoms in total. The third-order valence-electron chi connectivity index (χ3n) is 4.00. The van der Waals surface area contributed by atoms with Crippen molar-refractivity contribution in [3.05, 3.63) is 22.4 Å². The standard InChI is InChI=1S/C16H27NS/c1-16(2,3)17-12-14(13-7-4-5-8-13)11-15-9-6-10-18-15/h6,9-10,13-14,17H,4-5,7-8,11-12H2,1-3H3. The average molecular weight is 265 g/mol. The Hall–Kier alpha value is -0.340. The number of nitrogens with one attached hydrogen (secondary N) is 1. The van der Waals surface area contributed by atoms with Crippen LogP contribution in [0, 0.1) is 11.8 Å². The normalized spacial score (nSPS) is 19.3. The minimum Gasteiger partial charge on any atom is -0.312 e. The highest BCUT2D eigenvalue weighted by molar-refractivity contribution is 7.09. The predicted molar refractivity (Wildman–Crippen MR) is 81.2 cm³/mol. The minimum absolute atomic E-state index is 0.242. The van der Waals surface area contributed by atoms with E-state index < -0.39 is 0 Å². The van der Waals surface area contributed by atoms with Crippen LogP contribution in [0.25, 0.3) is 0 Å². The molecular formula is C16H27NS. The fourth-order valence-corrected chi connectivity index (χ4v) is 3.76.